The summed E-state index contributed by atoms with van der Waals surface area (Å²) in [6, 6.07) is -1.68. The minimum Gasteiger partial charge on any atom is -0.435 e. The predicted octanol–water partition coefficient (Wildman–Crippen LogP) is 0.602. The molecule has 1 atom stereocenters. The van der Waals surface area contributed by atoms with E-state index < -0.39 is 24.2 Å². The molecule has 0 aliphatic rings. The highest BCUT2D eigenvalue weighted by atomic mass is 19.1. The van der Waals surface area contributed by atoms with Gasteiger partial charge in [0.1, 0.15) is 0 Å². The molecular weight excluding hydrogens is 153 g/mol. The molecule has 11 heavy (non-hydrogen) atoms. The van der Waals surface area contributed by atoms with Gasteiger partial charge in [-0.15, -0.1) is 0 Å². The molecule has 0 heterocycles. The number of primary amides is 1. The largest absolute Gasteiger partial charge is 0.435 e. The van der Waals surface area contributed by atoms with Gasteiger partial charge in [-0.2, -0.15) is 4.39 Å². The van der Waals surface area contributed by atoms with Gasteiger partial charge in [0.15, 0.2) is 6.10 Å². The first kappa shape index (κ1) is 9.87. The molecule has 4 nitrogen and oxygen atoms in total. The van der Waals surface area contributed by atoms with E-state index in [1.165, 1.54) is 0 Å². The minimum absolute atomic E-state index is 0.403. The lowest BCUT2D eigenvalue weighted by atomic mass is 10.1. The number of hydrogen-bond donors (Lipinski definition) is 1. The topological polar surface area (TPSA) is 69.4 Å². The zero-order valence-corrected chi connectivity index (χ0v) is 6.33. The molecule has 0 aliphatic carbocycles. The second kappa shape index (κ2) is 3.90. The second-order valence-electron chi connectivity index (χ2n) is 2.41. The van der Waals surface area contributed by atoms with Gasteiger partial charge in [0, 0.05) is 5.92 Å². The molecular formula is C6H10FNO3. The first-order valence-electron chi connectivity index (χ1n) is 3.10. The zero-order chi connectivity index (χ0) is 9.02. The average molecular weight is 163 g/mol. The lowest BCUT2D eigenvalue weighted by Crippen LogP contribution is -2.32. The van der Waals surface area contributed by atoms with Gasteiger partial charge >= 0.3 is 12.1 Å². The number of rotatable bonds is 3. The third-order valence-electron chi connectivity index (χ3n) is 1.07. The van der Waals surface area contributed by atoms with E-state index in [9.17, 15) is 14.0 Å². The maximum absolute atomic E-state index is 12.0. The fourth-order valence-corrected chi connectivity index (χ4v) is 0.570. The van der Waals surface area contributed by atoms with Crippen molar-refractivity contribution in [1.82, 2.24) is 0 Å². The van der Waals surface area contributed by atoms with Crippen molar-refractivity contribution in [3.05, 3.63) is 0 Å². The SMILES string of the molecule is CC(C)C(OC(N)=O)C(=O)F. The van der Waals surface area contributed by atoms with Crippen LogP contribution in [0.3, 0.4) is 0 Å². The highest BCUT2D eigenvalue weighted by Gasteiger charge is 2.25. The lowest BCUT2D eigenvalue weighted by Gasteiger charge is -2.13. The van der Waals surface area contributed by atoms with Gasteiger partial charge in [-0.25, -0.2) is 4.79 Å². The van der Waals surface area contributed by atoms with Crippen molar-refractivity contribution in [3.8, 4) is 0 Å². The molecule has 64 valence electrons. The summed E-state index contributed by atoms with van der Waals surface area (Å²) >= 11 is 0. The molecule has 0 fully saturated rings. The molecule has 0 aromatic heterocycles. The Bertz CT molecular complexity index is 169. The predicted molar refractivity (Wildman–Crippen MR) is 35.4 cm³/mol. The van der Waals surface area contributed by atoms with Crippen molar-refractivity contribution in [2.24, 2.45) is 11.7 Å². The van der Waals surface area contributed by atoms with E-state index in [2.05, 4.69) is 10.5 Å². The van der Waals surface area contributed by atoms with Crippen LogP contribution in [-0.4, -0.2) is 18.2 Å². The lowest BCUT2D eigenvalue weighted by molar-refractivity contribution is -0.140. The smallest absolute Gasteiger partial charge is 0.405 e. The summed E-state index contributed by atoms with van der Waals surface area (Å²) in [6.45, 7) is 3.09. The first-order chi connectivity index (χ1) is 4.95. The van der Waals surface area contributed by atoms with Gasteiger partial charge in [0.25, 0.3) is 0 Å². The number of halogens is 1. The van der Waals surface area contributed by atoms with Gasteiger partial charge in [0.05, 0.1) is 0 Å². The summed E-state index contributed by atoms with van der Waals surface area (Å²) in [4.78, 5) is 20.2. The third kappa shape index (κ3) is 3.54. The highest BCUT2D eigenvalue weighted by Crippen LogP contribution is 2.07. The van der Waals surface area contributed by atoms with E-state index in [1.54, 1.807) is 13.8 Å². The number of ether oxygens (including phenoxy) is 1. The number of carbonyl (C=O) groups excluding carboxylic acids is 2. The Morgan fingerprint density at radius 2 is 1.91 bits per heavy atom. The molecule has 0 aliphatic heterocycles. The summed E-state index contributed by atoms with van der Waals surface area (Å²) in [6.07, 6.45) is -2.51. The zero-order valence-electron chi connectivity index (χ0n) is 6.33. The summed E-state index contributed by atoms with van der Waals surface area (Å²) in [5, 5.41) is 0. The summed E-state index contributed by atoms with van der Waals surface area (Å²) < 4.78 is 16.2. The van der Waals surface area contributed by atoms with E-state index in [-0.39, 0.29) is 0 Å². The highest BCUT2D eigenvalue weighted by molar-refractivity contribution is 5.77. The van der Waals surface area contributed by atoms with Crippen LogP contribution in [0.4, 0.5) is 9.18 Å². The molecule has 5 heteroatoms. The maximum Gasteiger partial charge on any atom is 0.405 e. The molecule has 0 rings (SSSR count). The number of amides is 1. The van der Waals surface area contributed by atoms with Crippen LogP contribution in [0.1, 0.15) is 13.8 Å². The van der Waals surface area contributed by atoms with Crippen LogP contribution in [0.25, 0.3) is 0 Å². The minimum atomic E-state index is -1.68. The van der Waals surface area contributed by atoms with Gasteiger partial charge in [-0.3, -0.25) is 4.79 Å². The van der Waals surface area contributed by atoms with Crippen LogP contribution in [0.2, 0.25) is 0 Å². The Hall–Kier alpha value is -1.13. The van der Waals surface area contributed by atoms with E-state index >= 15 is 0 Å². The first-order valence-corrected chi connectivity index (χ1v) is 3.10. The van der Waals surface area contributed by atoms with Crippen LogP contribution >= 0.6 is 0 Å². The van der Waals surface area contributed by atoms with Crippen LogP contribution in [0.5, 0.6) is 0 Å². The van der Waals surface area contributed by atoms with Crippen molar-refractivity contribution in [2.75, 3.05) is 0 Å². The van der Waals surface area contributed by atoms with Crippen LogP contribution < -0.4 is 5.73 Å². The van der Waals surface area contributed by atoms with Crippen molar-refractivity contribution in [1.29, 1.82) is 0 Å². The fourth-order valence-electron chi connectivity index (χ4n) is 0.570. The molecule has 1 unspecified atom stereocenters. The molecule has 2 N–H and O–H groups in total. The average Bonchev–Trinajstić information content (AvgIpc) is 1.81. The summed E-state index contributed by atoms with van der Waals surface area (Å²) in [5.74, 6) is -0.403. The fraction of sp³-hybridized carbons (Fsp3) is 0.667. The maximum atomic E-state index is 12.0. The van der Waals surface area contributed by atoms with E-state index in [0.29, 0.717) is 0 Å². The molecule has 0 spiro atoms. The number of carbonyl (C=O) groups is 2. The molecule has 0 saturated carbocycles. The normalized spacial score (nSPS) is 12.7. The third-order valence-corrected chi connectivity index (χ3v) is 1.07. The van der Waals surface area contributed by atoms with E-state index in [0.717, 1.165) is 0 Å². The van der Waals surface area contributed by atoms with Crippen LogP contribution in [-0.2, 0) is 9.53 Å². The van der Waals surface area contributed by atoms with E-state index in [4.69, 9.17) is 0 Å². The van der Waals surface area contributed by atoms with Crippen LogP contribution in [0, 0.1) is 5.92 Å². The second-order valence-corrected chi connectivity index (χ2v) is 2.41. The van der Waals surface area contributed by atoms with Gasteiger partial charge in [-0.1, -0.05) is 13.8 Å². The van der Waals surface area contributed by atoms with Crippen LogP contribution in [0.15, 0.2) is 0 Å². The van der Waals surface area contributed by atoms with Crippen molar-refractivity contribution >= 4 is 12.1 Å². The Balaban J connectivity index is 4.12. The van der Waals surface area contributed by atoms with Crippen molar-refractivity contribution in [3.63, 3.8) is 0 Å². The Morgan fingerprint density at radius 3 is 2.00 bits per heavy atom. The monoisotopic (exact) mass is 163 g/mol. The summed E-state index contributed by atoms with van der Waals surface area (Å²) in [5.41, 5.74) is 4.59. The molecule has 0 saturated heterocycles. The molecule has 0 aromatic rings. The van der Waals surface area contributed by atoms with Gasteiger partial charge in [0.2, 0.25) is 0 Å². The molecule has 0 aromatic carbocycles. The molecule has 0 bridgehead atoms. The Kier molecular flexibility index (Phi) is 3.50. The standard InChI is InChI=1S/C6H10FNO3/c1-3(2)4(5(7)9)11-6(8)10/h3-4H,1-2H3,(H2,8,10). The van der Waals surface area contributed by atoms with E-state index in [1.807, 2.05) is 0 Å². The summed E-state index contributed by atoms with van der Waals surface area (Å²) in [7, 11) is 0. The molecule has 1 amide bonds. The van der Waals surface area contributed by atoms with Crippen molar-refractivity contribution in [2.45, 2.75) is 20.0 Å². The Morgan fingerprint density at radius 1 is 1.45 bits per heavy atom. The number of nitrogens with two attached hydrogens (primary N) is 1. The number of hydrogen-bond acceptors (Lipinski definition) is 3. The Labute approximate surface area is 63.5 Å². The van der Waals surface area contributed by atoms with Gasteiger partial charge < -0.3 is 10.5 Å². The van der Waals surface area contributed by atoms with Crippen molar-refractivity contribution < 1.29 is 18.7 Å². The molecule has 0 radical (unpaired) electrons. The van der Waals surface area contributed by atoms with Gasteiger partial charge in [-0.05, 0) is 0 Å². The quantitative estimate of drug-likeness (QED) is 0.619.